The summed E-state index contributed by atoms with van der Waals surface area (Å²) in [6.07, 6.45) is 2.74. The van der Waals surface area contributed by atoms with Crippen molar-refractivity contribution in [2.45, 2.75) is 19.4 Å². The Morgan fingerprint density at radius 2 is 2.00 bits per heavy atom. The molecule has 2 nitrogen and oxygen atoms in total. The minimum absolute atomic E-state index is 0.233. The molecular weight excluding hydrogens is 242 g/mol. The third-order valence-corrected chi connectivity index (χ3v) is 6.25. The highest BCUT2D eigenvalue weighted by Crippen LogP contribution is 2.53. The van der Waals surface area contributed by atoms with E-state index < -0.39 is 10.2 Å². The summed E-state index contributed by atoms with van der Waals surface area (Å²) >= 11 is 0. The van der Waals surface area contributed by atoms with Crippen molar-refractivity contribution in [2.75, 3.05) is 12.8 Å². The molecule has 98 valence electrons. The summed E-state index contributed by atoms with van der Waals surface area (Å²) in [7, 11) is 0.828. The van der Waals surface area contributed by atoms with Gasteiger partial charge in [-0.15, -0.1) is 10.2 Å². The molecule has 0 amide bonds. The first-order valence-electron chi connectivity index (χ1n) is 6.32. The first-order valence-corrected chi connectivity index (χ1v) is 8.25. The van der Waals surface area contributed by atoms with Crippen LogP contribution >= 0.6 is 10.2 Å². The molecule has 0 spiro atoms. The van der Waals surface area contributed by atoms with E-state index in [1.165, 1.54) is 11.1 Å². The minimum Gasteiger partial charge on any atom is -0.392 e. The predicted molar refractivity (Wildman–Crippen MR) is 81.4 cm³/mol. The molecule has 1 aromatic carbocycles. The quantitative estimate of drug-likeness (QED) is 0.854. The Morgan fingerprint density at radius 3 is 2.61 bits per heavy atom. The summed E-state index contributed by atoms with van der Waals surface area (Å²) in [4.78, 5) is 0. The summed E-state index contributed by atoms with van der Waals surface area (Å²) in [6.45, 7) is 2.02. The van der Waals surface area contributed by atoms with Gasteiger partial charge in [0.1, 0.15) is 0 Å². The highest BCUT2D eigenvalue weighted by Gasteiger charge is 2.24. The Labute approximate surface area is 111 Å². The Bertz CT molecular complexity index is 455. The Morgan fingerprint density at radius 1 is 1.28 bits per heavy atom. The lowest BCUT2D eigenvalue weighted by Crippen LogP contribution is -2.22. The molecule has 1 heterocycles. The Hall–Kier alpha value is -1.03. The van der Waals surface area contributed by atoms with E-state index >= 15 is 0 Å². The Balaban J connectivity index is 2.22. The van der Waals surface area contributed by atoms with Crippen molar-refractivity contribution >= 4 is 15.8 Å². The highest BCUT2D eigenvalue weighted by atomic mass is 32.3. The summed E-state index contributed by atoms with van der Waals surface area (Å²) < 4.78 is 3.40. The molecule has 2 atom stereocenters. The molecule has 3 heteroatoms. The van der Waals surface area contributed by atoms with Gasteiger partial charge in [0, 0.05) is 5.75 Å². The van der Waals surface area contributed by atoms with Crippen LogP contribution in [0.4, 0.5) is 0 Å². The number of allylic oxidation sites excluding steroid dienone is 2. The number of aliphatic hydroxyl groups is 1. The van der Waals surface area contributed by atoms with Crippen molar-refractivity contribution in [2.24, 2.45) is 0 Å². The molecule has 0 aliphatic carbocycles. The standard InChI is InChI=1S/C15H21NOS/c1-3-15(17)12-18(16-2)10-9-14(11-18)13-7-5-4-6-8-13/h4-11,15-17H,3,12H2,1-2H3. The maximum Gasteiger partial charge on any atom is 0.0630 e. The van der Waals surface area contributed by atoms with Gasteiger partial charge in [-0.05, 0) is 41.5 Å². The van der Waals surface area contributed by atoms with Crippen molar-refractivity contribution in [3.8, 4) is 0 Å². The zero-order valence-electron chi connectivity index (χ0n) is 11.0. The molecule has 0 bridgehead atoms. The molecule has 0 radical (unpaired) electrons. The largest absolute Gasteiger partial charge is 0.392 e. The molecule has 0 saturated heterocycles. The van der Waals surface area contributed by atoms with Gasteiger partial charge in [0.2, 0.25) is 0 Å². The van der Waals surface area contributed by atoms with Crippen LogP contribution < -0.4 is 4.72 Å². The molecular formula is C15H21NOS. The van der Waals surface area contributed by atoms with E-state index in [4.69, 9.17) is 0 Å². The van der Waals surface area contributed by atoms with Crippen LogP contribution in [0.3, 0.4) is 0 Å². The number of hydrogen-bond acceptors (Lipinski definition) is 2. The van der Waals surface area contributed by atoms with Gasteiger partial charge in [0.25, 0.3) is 0 Å². The maximum absolute atomic E-state index is 9.89. The SMILES string of the molecule is CCC(O)CS1(NC)C=CC(c2ccccc2)=C1. The van der Waals surface area contributed by atoms with E-state index in [2.05, 4.69) is 45.9 Å². The molecule has 0 aromatic heterocycles. The third-order valence-electron chi connectivity index (χ3n) is 3.25. The average Bonchev–Trinajstić information content (AvgIpc) is 2.84. The Kier molecular flexibility index (Phi) is 4.27. The third kappa shape index (κ3) is 2.86. The number of aliphatic hydroxyl groups excluding tert-OH is 1. The van der Waals surface area contributed by atoms with Gasteiger partial charge in [0.05, 0.1) is 6.10 Å². The zero-order valence-corrected chi connectivity index (χ0v) is 11.8. The first-order chi connectivity index (χ1) is 8.69. The molecule has 2 N–H and O–H groups in total. The van der Waals surface area contributed by atoms with Crippen molar-refractivity contribution in [1.82, 2.24) is 4.72 Å². The second-order valence-electron chi connectivity index (χ2n) is 4.52. The van der Waals surface area contributed by atoms with Crippen LogP contribution in [0.15, 0.2) is 47.2 Å². The fraction of sp³-hybridized carbons (Fsp3) is 0.333. The molecule has 1 aliphatic rings. The fourth-order valence-electron chi connectivity index (χ4n) is 2.04. The topological polar surface area (TPSA) is 32.3 Å². The van der Waals surface area contributed by atoms with E-state index in [0.717, 1.165) is 12.2 Å². The van der Waals surface area contributed by atoms with Crippen LogP contribution in [0.1, 0.15) is 18.9 Å². The molecule has 0 saturated carbocycles. The van der Waals surface area contributed by atoms with Crippen LogP contribution in [-0.2, 0) is 0 Å². The lowest BCUT2D eigenvalue weighted by atomic mass is 10.1. The predicted octanol–water partition coefficient (Wildman–Crippen LogP) is 3.26. The van der Waals surface area contributed by atoms with Crippen LogP contribution in [0.2, 0.25) is 0 Å². The van der Waals surface area contributed by atoms with E-state index in [1.54, 1.807) is 0 Å². The second kappa shape index (κ2) is 5.74. The van der Waals surface area contributed by atoms with E-state index in [1.807, 2.05) is 20.0 Å². The fourth-order valence-corrected chi connectivity index (χ4v) is 4.68. The average molecular weight is 263 g/mol. The van der Waals surface area contributed by atoms with Crippen molar-refractivity contribution < 1.29 is 5.11 Å². The number of benzene rings is 1. The van der Waals surface area contributed by atoms with Gasteiger partial charge in [-0.3, -0.25) is 4.72 Å². The van der Waals surface area contributed by atoms with E-state index in [-0.39, 0.29) is 6.10 Å². The first kappa shape index (κ1) is 13.4. The summed E-state index contributed by atoms with van der Waals surface area (Å²) in [5, 5.41) is 14.4. The van der Waals surface area contributed by atoms with Gasteiger partial charge in [0.15, 0.2) is 0 Å². The molecule has 0 fully saturated rings. The summed E-state index contributed by atoms with van der Waals surface area (Å²) in [6, 6.07) is 10.4. The van der Waals surface area contributed by atoms with Crippen molar-refractivity contribution in [1.29, 1.82) is 0 Å². The normalized spacial score (nSPS) is 27.6. The zero-order chi connectivity index (χ0) is 13.0. The number of hydrogen-bond donors (Lipinski definition) is 2. The maximum atomic E-state index is 9.89. The van der Waals surface area contributed by atoms with Gasteiger partial charge in [-0.2, -0.15) is 0 Å². The van der Waals surface area contributed by atoms with Gasteiger partial charge >= 0.3 is 0 Å². The van der Waals surface area contributed by atoms with E-state index in [0.29, 0.717) is 0 Å². The lowest BCUT2D eigenvalue weighted by molar-refractivity contribution is 0.194. The van der Waals surface area contributed by atoms with Crippen LogP contribution in [0.25, 0.3) is 5.57 Å². The monoisotopic (exact) mass is 263 g/mol. The van der Waals surface area contributed by atoms with Crippen LogP contribution in [0, 0.1) is 0 Å². The number of nitrogens with one attached hydrogen (secondary N) is 1. The molecule has 2 rings (SSSR count). The molecule has 1 aliphatic heterocycles. The smallest absolute Gasteiger partial charge is 0.0630 e. The second-order valence-corrected chi connectivity index (χ2v) is 7.47. The van der Waals surface area contributed by atoms with Gasteiger partial charge < -0.3 is 5.11 Å². The molecule has 2 unspecified atom stereocenters. The van der Waals surface area contributed by atoms with Gasteiger partial charge in [-0.1, -0.05) is 37.3 Å². The van der Waals surface area contributed by atoms with E-state index in [9.17, 15) is 5.11 Å². The number of rotatable bonds is 5. The lowest BCUT2D eigenvalue weighted by Gasteiger charge is -2.33. The van der Waals surface area contributed by atoms with Crippen LogP contribution in [-0.4, -0.2) is 24.0 Å². The minimum atomic E-state index is -1.15. The van der Waals surface area contributed by atoms with Crippen molar-refractivity contribution in [3.05, 3.63) is 52.8 Å². The summed E-state index contributed by atoms with van der Waals surface area (Å²) in [5.41, 5.74) is 2.49. The van der Waals surface area contributed by atoms with Crippen molar-refractivity contribution in [3.63, 3.8) is 0 Å². The summed E-state index contributed by atoms with van der Waals surface area (Å²) in [5.74, 6) is 0.798. The molecule has 18 heavy (non-hydrogen) atoms. The van der Waals surface area contributed by atoms with Gasteiger partial charge in [-0.25, -0.2) is 0 Å². The highest BCUT2D eigenvalue weighted by molar-refractivity contribution is 8.37. The van der Waals surface area contributed by atoms with Crippen LogP contribution in [0.5, 0.6) is 0 Å². The molecule has 1 aromatic rings.